The van der Waals surface area contributed by atoms with E-state index in [1.165, 1.54) is 41.1 Å². The number of nitro benzene ring substituents is 1. The second-order valence-corrected chi connectivity index (χ2v) is 9.40. The van der Waals surface area contributed by atoms with Gasteiger partial charge in [0.15, 0.2) is 5.76 Å². The van der Waals surface area contributed by atoms with E-state index in [4.69, 9.17) is 16.0 Å². The van der Waals surface area contributed by atoms with Crippen LogP contribution in [0.25, 0.3) is 11.3 Å². The van der Waals surface area contributed by atoms with Crippen molar-refractivity contribution >= 4 is 45.0 Å². The van der Waals surface area contributed by atoms with E-state index in [-0.39, 0.29) is 41.1 Å². The molecule has 11 nitrogen and oxygen atoms in total. The van der Waals surface area contributed by atoms with E-state index < -0.39 is 22.8 Å². The van der Waals surface area contributed by atoms with Gasteiger partial charge in [-0.3, -0.25) is 19.7 Å². The van der Waals surface area contributed by atoms with Crippen LogP contribution in [0.15, 0.2) is 63.6 Å². The third kappa shape index (κ3) is 6.23. The smallest absolute Gasteiger partial charge is 0.287 e. The number of nitrogens with one attached hydrogen (secondary N) is 2. The highest BCUT2D eigenvalue weighted by Gasteiger charge is 2.18. The number of amides is 2. The Hall–Kier alpha value is -4.10. The molecule has 14 heteroatoms. The van der Waals surface area contributed by atoms with Gasteiger partial charge in [-0.15, -0.1) is 5.10 Å². The molecule has 0 bridgehead atoms. The number of carbonyl (C=O) groups is 2. The van der Waals surface area contributed by atoms with Crippen LogP contribution in [0.3, 0.4) is 0 Å². The standard InChI is InChI=1S/C24H19BrClFN6O5/c1-13(17-4-2-14(25)8-20(17)27)32-12-15(30-31-32)10-28-23(34)11-29-24(35)22-7-6-21(38-22)18-5-3-16(33(36)37)9-19(18)26/h2-9,12-13H,10-11H2,1H3,(H,28,34)(H,29,35)/t13-/m0/s1. The van der Waals surface area contributed by atoms with E-state index in [1.54, 1.807) is 25.3 Å². The Morgan fingerprint density at radius 3 is 2.71 bits per heavy atom. The van der Waals surface area contributed by atoms with E-state index >= 15 is 0 Å². The molecular weight excluding hydrogens is 587 g/mol. The molecule has 38 heavy (non-hydrogen) atoms. The number of benzene rings is 2. The first-order valence-corrected chi connectivity index (χ1v) is 12.2. The third-order valence-electron chi connectivity index (χ3n) is 5.50. The topological polar surface area (TPSA) is 145 Å². The van der Waals surface area contributed by atoms with Crippen molar-refractivity contribution in [2.45, 2.75) is 19.5 Å². The van der Waals surface area contributed by atoms with Crippen LogP contribution in [0, 0.1) is 15.9 Å². The summed E-state index contributed by atoms with van der Waals surface area (Å²) >= 11 is 9.32. The molecule has 0 saturated carbocycles. The quantitative estimate of drug-likeness (QED) is 0.209. The average molecular weight is 606 g/mol. The molecular formula is C24H19BrClFN6O5. The average Bonchev–Trinajstić information content (AvgIpc) is 3.56. The van der Waals surface area contributed by atoms with Crippen LogP contribution in [0.5, 0.6) is 0 Å². The van der Waals surface area contributed by atoms with Crippen molar-refractivity contribution in [3.8, 4) is 11.3 Å². The first-order valence-electron chi connectivity index (χ1n) is 11.1. The summed E-state index contributed by atoms with van der Waals surface area (Å²) in [6.07, 6.45) is 1.60. The van der Waals surface area contributed by atoms with Crippen LogP contribution in [-0.4, -0.2) is 38.3 Å². The van der Waals surface area contributed by atoms with Crippen LogP contribution < -0.4 is 10.6 Å². The lowest BCUT2D eigenvalue weighted by atomic mass is 10.1. The minimum atomic E-state index is -0.638. The van der Waals surface area contributed by atoms with Gasteiger partial charge in [-0.1, -0.05) is 38.8 Å². The summed E-state index contributed by atoms with van der Waals surface area (Å²) < 4.78 is 21.9. The van der Waals surface area contributed by atoms with Crippen LogP contribution >= 0.6 is 27.5 Å². The Kier molecular flexibility index (Phi) is 8.17. The fraction of sp³-hybridized carbons (Fsp3) is 0.167. The number of aromatic nitrogens is 3. The van der Waals surface area contributed by atoms with Gasteiger partial charge in [0.1, 0.15) is 17.3 Å². The Morgan fingerprint density at radius 1 is 1.21 bits per heavy atom. The fourth-order valence-electron chi connectivity index (χ4n) is 3.49. The minimum Gasteiger partial charge on any atom is -0.451 e. The van der Waals surface area contributed by atoms with Gasteiger partial charge in [0, 0.05) is 27.7 Å². The third-order valence-corrected chi connectivity index (χ3v) is 6.31. The van der Waals surface area contributed by atoms with Crippen molar-refractivity contribution in [1.82, 2.24) is 25.6 Å². The van der Waals surface area contributed by atoms with E-state index in [0.29, 0.717) is 21.3 Å². The number of non-ortho nitro benzene ring substituents is 1. The van der Waals surface area contributed by atoms with Gasteiger partial charge in [0.05, 0.1) is 35.3 Å². The molecule has 4 aromatic rings. The van der Waals surface area contributed by atoms with Gasteiger partial charge in [-0.25, -0.2) is 9.07 Å². The van der Waals surface area contributed by atoms with Gasteiger partial charge in [-0.05, 0) is 37.3 Å². The van der Waals surface area contributed by atoms with Gasteiger partial charge >= 0.3 is 0 Å². The molecule has 0 radical (unpaired) electrons. The van der Waals surface area contributed by atoms with Crippen LogP contribution in [-0.2, 0) is 11.3 Å². The Morgan fingerprint density at radius 2 is 2.00 bits per heavy atom. The summed E-state index contributed by atoms with van der Waals surface area (Å²) in [5, 5.41) is 24.0. The summed E-state index contributed by atoms with van der Waals surface area (Å²) in [5.41, 5.74) is 1.09. The lowest BCUT2D eigenvalue weighted by Gasteiger charge is -2.12. The summed E-state index contributed by atoms with van der Waals surface area (Å²) in [7, 11) is 0. The maximum Gasteiger partial charge on any atom is 0.287 e. The molecule has 0 aliphatic rings. The van der Waals surface area contributed by atoms with Crippen molar-refractivity contribution in [3.63, 3.8) is 0 Å². The normalized spacial score (nSPS) is 11.7. The lowest BCUT2D eigenvalue weighted by molar-refractivity contribution is -0.384. The number of rotatable bonds is 9. The number of hydrogen-bond acceptors (Lipinski definition) is 7. The molecule has 2 N–H and O–H groups in total. The zero-order chi connectivity index (χ0) is 27.4. The first-order chi connectivity index (χ1) is 18.1. The molecule has 0 spiro atoms. The number of furan rings is 1. The Balaban J connectivity index is 1.28. The zero-order valence-corrected chi connectivity index (χ0v) is 22.0. The molecule has 2 aromatic carbocycles. The fourth-order valence-corrected chi connectivity index (χ4v) is 4.09. The summed E-state index contributed by atoms with van der Waals surface area (Å²) in [4.78, 5) is 34.9. The van der Waals surface area contributed by atoms with E-state index in [2.05, 4.69) is 36.9 Å². The molecule has 0 unspecified atom stereocenters. The predicted molar refractivity (Wildman–Crippen MR) is 138 cm³/mol. The molecule has 2 heterocycles. The monoisotopic (exact) mass is 604 g/mol. The van der Waals surface area contributed by atoms with Gasteiger partial charge < -0.3 is 15.1 Å². The maximum absolute atomic E-state index is 14.2. The summed E-state index contributed by atoms with van der Waals surface area (Å²) in [5.74, 6) is -1.34. The van der Waals surface area contributed by atoms with Gasteiger partial charge in [0.2, 0.25) is 5.91 Å². The molecule has 4 rings (SSSR count). The molecule has 2 aromatic heterocycles. The van der Waals surface area contributed by atoms with Gasteiger partial charge in [-0.2, -0.15) is 0 Å². The van der Waals surface area contributed by atoms with Crippen LogP contribution in [0.4, 0.5) is 10.1 Å². The highest BCUT2D eigenvalue weighted by atomic mass is 79.9. The molecule has 196 valence electrons. The molecule has 0 fully saturated rings. The van der Waals surface area contributed by atoms with Crippen molar-refractivity contribution < 1.29 is 23.3 Å². The minimum absolute atomic E-state index is 0.0494. The molecule has 1 atom stereocenters. The van der Waals surface area contributed by atoms with Gasteiger partial charge in [0.25, 0.3) is 11.6 Å². The molecule has 0 aliphatic heterocycles. The Bertz CT molecular complexity index is 1520. The highest BCUT2D eigenvalue weighted by Crippen LogP contribution is 2.32. The number of nitro groups is 1. The SMILES string of the molecule is C[C@@H](c1ccc(Br)cc1F)n1cc(CNC(=O)CNC(=O)c2ccc(-c3ccc([N+](=O)[O-])cc3Cl)o2)nn1. The second-order valence-electron chi connectivity index (χ2n) is 8.08. The van der Waals surface area contributed by atoms with Crippen LogP contribution in [0.1, 0.15) is 34.8 Å². The second kappa shape index (κ2) is 11.5. The lowest BCUT2D eigenvalue weighted by Crippen LogP contribution is -2.36. The molecule has 0 aliphatic carbocycles. The van der Waals surface area contributed by atoms with Crippen molar-refractivity contribution in [2.75, 3.05) is 6.54 Å². The molecule has 0 saturated heterocycles. The number of nitrogens with zero attached hydrogens (tertiary/aromatic N) is 4. The largest absolute Gasteiger partial charge is 0.451 e. The maximum atomic E-state index is 14.2. The summed E-state index contributed by atoms with van der Waals surface area (Å²) in [6, 6.07) is 11.1. The van der Waals surface area contributed by atoms with Crippen molar-refractivity contribution in [2.24, 2.45) is 0 Å². The number of carbonyl (C=O) groups excluding carboxylic acids is 2. The first kappa shape index (κ1) is 26.9. The van der Waals surface area contributed by atoms with E-state index in [0.717, 1.165) is 0 Å². The van der Waals surface area contributed by atoms with Crippen molar-refractivity contribution in [1.29, 1.82) is 0 Å². The van der Waals surface area contributed by atoms with E-state index in [1.807, 2.05) is 0 Å². The van der Waals surface area contributed by atoms with E-state index in [9.17, 15) is 24.1 Å². The number of hydrogen-bond donors (Lipinski definition) is 2. The number of halogens is 3. The van der Waals surface area contributed by atoms with Crippen molar-refractivity contribution in [3.05, 3.63) is 97.2 Å². The zero-order valence-electron chi connectivity index (χ0n) is 19.7. The Labute approximate surface area is 228 Å². The summed E-state index contributed by atoms with van der Waals surface area (Å²) in [6.45, 7) is 1.49. The predicted octanol–water partition coefficient (Wildman–Crippen LogP) is 4.66. The van der Waals surface area contributed by atoms with Crippen LogP contribution in [0.2, 0.25) is 5.02 Å². The highest BCUT2D eigenvalue weighted by molar-refractivity contribution is 9.10. The molecule has 2 amide bonds.